The van der Waals surface area contributed by atoms with Gasteiger partial charge in [-0.2, -0.15) is 0 Å². The van der Waals surface area contributed by atoms with Gasteiger partial charge >= 0.3 is 0 Å². The van der Waals surface area contributed by atoms with Crippen molar-refractivity contribution in [1.29, 1.82) is 0 Å². The molecule has 0 spiro atoms. The van der Waals surface area contributed by atoms with E-state index in [9.17, 15) is 0 Å². The lowest BCUT2D eigenvalue weighted by molar-refractivity contribution is 0.254. The van der Waals surface area contributed by atoms with Gasteiger partial charge < -0.3 is 5.32 Å². The smallest absolute Gasteiger partial charge is 0.00204 e. The van der Waals surface area contributed by atoms with Crippen LogP contribution in [0.15, 0.2) is 0 Å². The molecule has 2 atom stereocenters. The van der Waals surface area contributed by atoms with Crippen LogP contribution in [0.3, 0.4) is 0 Å². The zero-order chi connectivity index (χ0) is 9.52. The van der Waals surface area contributed by atoms with Gasteiger partial charge in [0.15, 0.2) is 0 Å². The van der Waals surface area contributed by atoms with E-state index < -0.39 is 0 Å². The van der Waals surface area contributed by atoms with Crippen molar-refractivity contribution in [2.24, 2.45) is 11.8 Å². The molecule has 0 aromatic carbocycles. The summed E-state index contributed by atoms with van der Waals surface area (Å²) in [6.07, 6.45) is 8.56. The molecule has 0 saturated heterocycles. The Morgan fingerprint density at radius 1 is 1.15 bits per heavy atom. The van der Waals surface area contributed by atoms with Crippen LogP contribution in [-0.4, -0.2) is 13.1 Å². The van der Waals surface area contributed by atoms with E-state index >= 15 is 0 Å². The minimum atomic E-state index is 0.977. The van der Waals surface area contributed by atoms with Gasteiger partial charge in [-0.25, -0.2) is 0 Å². The van der Waals surface area contributed by atoms with E-state index in [1.165, 1.54) is 51.6 Å². The largest absolute Gasteiger partial charge is 0.316 e. The van der Waals surface area contributed by atoms with Gasteiger partial charge in [0.05, 0.1) is 0 Å². The fourth-order valence-electron chi connectivity index (χ4n) is 2.44. The molecule has 0 amide bonds. The molecule has 0 aromatic heterocycles. The van der Waals surface area contributed by atoms with Gasteiger partial charge in [0.1, 0.15) is 0 Å². The molecule has 1 N–H and O–H groups in total. The molecule has 0 bridgehead atoms. The van der Waals surface area contributed by atoms with Gasteiger partial charge in [-0.05, 0) is 44.2 Å². The average Bonchev–Trinajstić information content (AvgIpc) is 2.19. The highest BCUT2D eigenvalue weighted by molar-refractivity contribution is 4.73. The lowest BCUT2D eigenvalue weighted by Gasteiger charge is -2.28. The number of rotatable bonds is 5. The van der Waals surface area contributed by atoms with Crippen molar-refractivity contribution in [2.75, 3.05) is 13.1 Å². The molecule has 1 fully saturated rings. The molecule has 1 aliphatic rings. The van der Waals surface area contributed by atoms with Crippen LogP contribution in [0.2, 0.25) is 0 Å². The van der Waals surface area contributed by atoms with Crippen LogP contribution in [0.5, 0.6) is 0 Å². The summed E-state index contributed by atoms with van der Waals surface area (Å²) in [6, 6.07) is 0. The zero-order valence-electron chi connectivity index (χ0n) is 9.31. The summed E-state index contributed by atoms with van der Waals surface area (Å²) in [6.45, 7) is 7.05. The number of hydrogen-bond acceptors (Lipinski definition) is 1. The Hall–Kier alpha value is -0.0400. The van der Waals surface area contributed by atoms with Crippen LogP contribution in [0.25, 0.3) is 0 Å². The highest BCUT2D eigenvalue weighted by Crippen LogP contribution is 2.30. The Balaban J connectivity index is 2.11. The number of hydrogen-bond donors (Lipinski definition) is 1. The SMILES string of the molecule is CCCNCC1CCCC(CC)C1. The highest BCUT2D eigenvalue weighted by Gasteiger charge is 2.19. The lowest BCUT2D eigenvalue weighted by Crippen LogP contribution is -2.27. The van der Waals surface area contributed by atoms with E-state index in [0.29, 0.717) is 0 Å². The molecule has 1 aliphatic carbocycles. The molecule has 1 nitrogen and oxygen atoms in total. The molecule has 0 aromatic rings. The van der Waals surface area contributed by atoms with E-state index in [1.807, 2.05) is 0 Å². The standard InChI is InChI=1S/C12H25N/c1-3-8-13-10-12-7-5-6-11(4-2)9-12/h11-13H,3-10H2,1-2H3. The maximum atomic E-state index is 3.55. The second-order valence-corrected chi connectivity index (χ2v) is 4.51. The third-order valence-corrected chi connectivity index (χ3v) is 3.33. The molecule has 78 valence electrons. The minimum absolute atomic E-state index is 0.977. The monoisotopic (exact) mass is 183 g/mol. The van der Waals surface area contributed by atoms with Crippen molar-refractivity contribution < 1.29 is 0 Å². The summed E-state index contributed by atoms with van der Waals surface area (Å²) in [5.74, 6) is 2.01. The summed E-state index contributed by atoms with van der Waals surface area (Å²) in [5, 5.41) is 3.55. The molecule has 1 saturated carbocycles. The summed E-state index contributed by atoms with van der Waals surface area (Å²) >= 11 is 0. The Morgan fingerprint density at radius 3 is 2.62 bits per heavy atom. The molecule has 2 unspecified atom stereocenters. The lowest BCUT2D eigenvalue weighted by atomic mass is 9.80. The molecular formula is C12H25N. The van der Waals surface area contributed by atoms with Gasteiger partial charge in [0, 0.05) is 0 Å². The molecule has 1 heteroatoms. The first-order valence-electron chi connectivity index (χ1n) is 6.07. The highest BCUT2D eigenvalue weighted by atomic mass is 14.8. The Labute approximate surface area is 83.3 Å². The van der Waals surface area contributed by atoms with Crippen LogP contribution >= 0.6 is 0 Å². The molecule has 0 aliphatic heterocycles. The predicted molar refractivity (Wildman–Crippen MR) is 58.9 cm³/mol. The molecule has 0 radical (unpaired) electrons. The normalized spacial score (nSPS) is 29.1. The first-order valence-corrected chi connectivity index (χ1v) is 6.07. The van der Waals surface area contributed by atoms with E-state index in [-0.39, 0.29) is 0 Å². The van der Waals surface area contributed by atoms with E-state index in [2.05, 4.69) is 19.2 Å². The Bertz CT molecular complexity index is 122. The second-order valence-electron chi connectivity index (χ2n) is 4.51. The van der Waals surface area contributed by atoms with E-state index in [1.54, 1.807) is 0 Å². The van der Waals surface area contributed by atoms with Crippen LogP contribution in [-0.2, 0) is 0 Å². The van der Waals surface area contributed by atoms with Crippen molar-refractivity contribution in [2.45, 2.75) is 52.4 Å². The predicted octanol–water partition coefficient (Wildman–Crippen LogP) is 3.20. The average molecular weight is 183 g/mol. The van der Waals surface area contributed by atoms with Crippen LogP contribution in [0.1, 0.15) is 52.4 Å². The summed E-state index contributed by atoms with van der Waals surface area (Å²) in [7, 11) is 0. The maximum Gasteiger partial charge on any atom is -0.00204 e. The van der Waals surface area contributed by atoms with Crippen LogP contribution in [0, 0.1) is 11.8 Å². The van der Waals surface area contributed by atoms with E-state index in [4.69, 9.17) is 0 Å². The third kappa shape index (κ3) is 4.12. The minimum Gasteiger partial charge on any atom is -0.316 e. The molecule has 0 heterocycles. The molecule has 1 rings (SSSR count). The molecule has 13 heavy (non-hydrogen) atoms. The van der Waals surface area contributed by atoms with Gasteiger partial charge in [-0.15, -0.1) is 0 Å². The van der Waals surface area contributed by atoms with Crippen molar-refractivity contribution >= 4 is 0 Å². The van der Waals surface area contributed by atoms with Crippen molar-refractivity contribution in [3.63, 3.8) is 0 Å². The van der Waals surface area contributed by atoms with Crippen LogP contribution in [0.4, 0.5) is 0 Å². The van der Waals surface area contributed by atoms with Crippen molar-refractivity contribution in [3.8, 4) is 0 Å². The summed E-state index contributed by atoms with van der Waals surface area (Å²) in [5.41, 5.74) is 0. The zero-order valence-corrected chi connectivity index (χ0v) is 9.31. The van der Waals surface area contributed by atoms with Crippen molar-refractivity contribution in [3.05, 3.63) is 0 Å². The fourth-order valence-corrected chi connectivity index (χ4v) is 2.44. The van der Waals surface area contributed by atoms with Crippen molar-refractivity contribution in [1.82, 2.24) is 5.32 Å². The maximum absolute atomic E-state index is 3.55. The quantitative estimate of drug-likeness (QED) is 0.645. The van der Waals surface area contributed by atoms with E-state index in [0.717, 1.165) is 11.8 Å². The number of nitrogens with one attached hydrogen (secondary N) is 1. The van der Waals surface area contributed by atoms with Gasteiger partial charge in [-0.3, -0.25) is 0 Å². The third-order valence-electron chi connectivity index (χ3n) is 3.33. The van der Waals surface area contributed by atoms with Gasteiger partial charge in [0.2, 0.25) is 0 Å². The summed E-state index contributed by atoms with van der Waals surface area (Å²) in [4.78, 5) is 0. The second kappa shape index (κ2) is 6.42. The summed E-state index contributed by atoms with van der Waals surface area (Å²) < 4.78 is 0. The first-order chi connectivity index (χ1) is 6.36. The fraction of sp³-hybridized carbons (Fsp3) is 1.00. The van der Waals surface area contributed by atoms with Gasteiger partial charge in [-0.1, -0.05) is 33.1 Å². The molecular weight excluding hydrogens is 158 g/mol. The van der Waals surface area contributed by atoms with Crippen LogP contribution < -0.4 is 5.32 Å². The van der Waals surface area contributed by atoms with Gasteiger partial charge in [0.25, 0.3) is 0 Å². The topological polar surface area (TPSA) is 12.0 Å². The first kappa shape index (κ1) is 11.0. The Morgan fingerprint density at radius 2 is 1.92 bits per heavy atom. The Kier molecular flexibility index (Phi) is 5.45.